The summed E-state index contributed by atoms with van der Waals surface area (Å²) in [6.45, 7) is 12.4. The maximum absolute atomic E-state index is 12.9. The van der Waals surface area contributed by atoms with Gasteiger partial charge in [0.05, 0.1) is 0 Å². The van der Waals surface area contributed by atoms with Crippen molar-refractivity contribution in [3.8, 4) is 0 Å². The molecule has 0 heterocycles. The third kappa shape index (κ3) is 4.33. The number of benzene rings is 1. The molecule has 0 aliphatic rings. The average molecular weight is 304 g/mol. The van der Waals surface area contributed by atoms with Gasteiger partial charge in [-0.3, -0.25) is 9.59 Å². The number of anilines is 1. The van der Waals surface area contributed by atoms with E-state index in [9.17, 15) is 9.59 Å². The zero-order chi connectivity index (χ0) is 16.9. The minimum Gasteiger partial charge on any atom is -0.355 e. The smallest absolute Gasteiger partial charge is 0.242 e. The van der Waals surface area contributed by atoms with Gasteiger partial charge >= 0.3 is 0 Å². The monoisotopic (exact) mass is 304 g/mol. The highest BCUT2D eigenvalue weighted by atomic mass is 16.2. The Hall–Kier alpha value is -1.84. The van der Waals surface area contributed by atoms with E-state index in [2.05, 4.69) is 5.32 Å². The van der Waals surface area contributed by atoms with Crippen LogP contribution in [0.2, 0.25) is 0 Å². The van der Waals surface area contributed by atoms with Crippen LogP contribution in [0.25, 0.3) is 0 Å². The Bertz CT molecular complexity index is 536. The summed E-state index contributed by atoms with van der Waals surface area (Å²) in [4.78, 5) is 26.9. The normalized spacial score (nSPS) is 11.4. The summed E-state index contributed by atoms with van der Waals surface area (Å²) < 4.78 is 0. The van der Waals surface area contributed by atoms with E-state index in [1.165, 1.54) is 0 Å². The second kappa shape index (κ2) is 7.43. The number of nitrogens with zero attached hydrogens (tertiary/aromatic N) is 1. The number of amides is 2. The van der Waals surface area contributed by atoms with Gasteiger partial charge in [0.1, 0.15) is 5.41 Å². The molecule has 1 aromatic carbocycles. The lowest BCUT2D eigenvalue weighted by Gasteiger charge is -2.30. The van der Waals surface area contributed by atoms with Gasteiger partial charge in [0, 0.05) is 18.8 Å². The molecule has 122 valence electrons. The summed E-state index contributed by atoms with van der Waals surface area (Å²) in [7, 11) is 0. The van der Waals surface area contributed by atoms with Gasteiger partial charge in [0.15, 0.2) is 0 Å². The van der Waals surface area contributed by atoms with Gasteiger partial charge in [-0.2, -0.15) is 0 Å². The van der Waals surface area contributed by atoms with Crippen LogP contribution < -0.4 is 10.2 Å². The van der Waals surface area contributed by atoms with Crippen molar-refractivity contribution in [2.45, 2.75) is 41.5 Å². The zero-order valence-electron chi connectivity index (χ0n) is 14.6. The van der Waals surface area contributed by atoms with Crippen LogP contribution in [-0.2, 0) is 9.59 Å². The molecule has 0 bridgehead atoms. The fraction of sp³-hybridized carbons (Fsp3) is 0.556. The van der Waals surface area contributed by atoms with E-state index in [0.717, 1.165) is 11.3 Å². The van der Waals surface area contributed by atoms with E-state index in [1.54, 1.807) is 18.7 Å². The molecule has 0 fully saturated rings. The van der Waals surface area contributed by atoms with E-state index in [1.807, 2.05) is 52.0 Å². The molecule has 4 nitrogen and oxygen atoms in total. The van der Waals surface area contributed by atoms with E-state index >= 15 is 0 Å². The number of nitrogens with one attached hydrogen (secondary N) is 1. The van der Waals surface area contributed by atoms with Crippen LogP contribution in [-0.4, -0.2) is 24.9 Å². The molecule has 1 rings (SSSR count). The van der Waals surface area contributed by atoms with Crippen molar-refractivity contribution in [1.82, 2.24) is 5.32 Å². The third-order valence-electron chi connectivity index (χ3n) is 3.65. The van der Waals surface area contributed by atoms with Gasteiger partial charge < -0.3 is 10.2 Å². The molecule has 0 spiro atoms. The molecule has 0 atom stereocenters. The Morgan fingerprint density at radius 3 is 2.41 bits per heavy atom. The van der Waals surface area contributed by atoms with E-state index < -0.39 is 5.41 Å². The minimum atomic E-state index is -1.09. The topological polar surface area (TPSA) is 49.4 Å². The van der Waals surface area contributed by atoms with Gasteiger partial charge in [-0.05, 0) is 51.3 Å². The lowest BCUT2D eigenvalue weighted by atomic mass is 9.89. The molecule has 2 amide bonds. The van der Waals surface area contributed by atoms with Crippen LogP contribution in [0, 0.1) is 18.3 Å². The quantitative estimate of drug-likeness (QED) is 0.821. The third-order valence-corrected chi connectivity index (χ3v) is 3.65. The van der Waals surface area contributed by atoms with Crippen molar-refractivity contribution in [3.05, 3.63) is 29.8 Å². The standard InChI is InChI=1S/C18H28N2O2/c1-7-20(15-10-8-9-14(4)11-15)17(22)18(5,6)16(21)19-12-13(2)3/h8-11,13H,7,12H2,1-6H3,(H,19,21). The fourth-order valence-corrected chi connectivity index (χ4v) is 2.19. The summed E-state index contributed by atoms with van der Waals surface area (Å²) >= 11 is 0. The summed E-state index contributed by atoms with van der Waals surface area (Å²) in [5.74, 6) is -0.0481. The molecule has 0 unspecified atom stereocenters. The first-order valence-electron chi connectivity index (χ1n) is 7.87. The van der Waals surface area contributed by atoms with Crippen molar-refractivity contribution in [1.29, 1.82) is 0 Å². The molecule has 0 aliphatic carbocycles. The second-order valence-corrected chi connectivity index (χ2v) is 6.62. The summed E-state index contributed by atoms with van der Waals surface area (Å²) in [5.41, 5.74) is 0.831. The van der Waals surface area contributed by atoms with Crippen LogP contribution >= 0.6 is 0 Å². The first-order chi connectivity index (χ1) is 10.2. The fourth-order valence-electron chi connectivity index (χ4n) is 2.19. The molecule has 1 aromatic rings. The Kier molecular flexibility index (Phi) is 6.15. The number of hydrogen-bond donors (Lipinski definition) is 1. The number of hydrogen-bond acceptors (Lipinski definition) is 2. The van der Waals surface area contributed by atoms with Crippen molar-refractivity contribution in [2.75, 3.05) is 18.0 Å². The number of carbonyl (C=O) groups excluding carboxylic acids is 2. The lowest BCUT2D eigenvalue weighted by Crippen LogP contribution is -2.50. The van der Waals surface area contributed by atoms with Crippen molar-refractivity contribution in [2.24, 2.45) is 11.3 Å². The number of rotatable bonds is 6. The zero-order valence-corrected chi connectivity index (χ0v) is 14.6. The van der Waals surface area contributed by atoms with Crippen LogP contribution in [0.15, 0.2) is 24.3 Å². The Morgan fingerprint density at radius 1 is 1.27 bits per heavy atom. The first kappa shape index (κ1) is 18.2. The maximum atomic E-state index is 12.9. The lowest BCUT2D eigenvalue weighted by molar-refractivity contribution is -0.139. The van der Waals surface area contributed by atoms with Crippen LogP contribution in [0.3, 0.4) is 0 Å². The Labute approximate surface area is 133 Å². The molecule has 0 aliphatic heterocycles. The first-order valence-corrected chi connectivity index (χ1v) is 7.87. The molecule has 1 N–H and O–H groups in total. The molecule has 22 heavy (non-hydrogen) atoms. The van der Waals surface area contributed by atoms with Gasteiger partial charge in [0.2, 0.25) is 11.8 Å². The van der Waals surface area contributed by atoms with Crippen LogP contribution in [0.5, 0.6) is 0 Å². The van der Waals surface area contributed by atoms with E-state index in [4.69, 9.17) is 0 Å². The molecular formula is C18H28N2O2. The molecule has 0 saturated heterocycles. The van der Waals surface area contributed by atoms with Crippen LogP contribution in [0.4, 0.5) is 5.69 Å². The summed E-state index contributed by atoms with van der Waals surface area (Å²) in [6, 6.07) is 7.77. The number of aryl methyl sites for hydroxylation is 1. The molecule has 0 radical (unpaired) electrons. The van der Waals surface area contributed by atoms with Crippen LogP contribution in [0.1, 0.15) is 40.2 Å². The van der Waals surface area contributed by atoms with Gasteiger partial charge in [0.25, 0.3) is 0 Å². The predicted molar refractivity (Wildman–Crippen MR) is 90.8 cm³/mol. The largest absolute Gasteiger partial charge is 0.355 e. The highest BCUT2D eigenvalue weighted by Crippen LogP contribution is 2.25. The van der Waals surface area contributed by atoms with Crippen molar-refractivity contribution < 1.29 is 9.59 Å². The van der Waals surface area contributed by atoms with Gasteiger partial charge in [-0.15, -0.1) is 0 Å². The molecular weight excluding hydrogens is 276 g/mol. The second-order valence-electron chi connectivity index (χ2n) is 6.62. The van der Waals surface area contributed by atoms with Crippen molar-refractivity contribution in [3.63, 3.8) is 0 Å². The SMILES string of the molecule is CCN(C(=O)C(C)(C)C(=O)NCC(C)C)c1cccc(C)c1. The molecule has 0 saturated carbocycles. The van der Waals surface area contributed by atoms with Crippen molar-refractivity contribution >= 4 is 17.5 Å². The minimum absolute atomic E-state index is 0.179. The summed E-state index contributed by atoms with van der Waals surface area (Å²) in [6.07, 6.45) is 0. The van der Waals surface area contributed by atoms with E-state index in [0.29, 0.717) is 19.0 Å². The maximum Gasteiger partial charge on any atom is 0.242 e. The highest BCUT2D eigenvalue weighted by molar-refractivity contribution is 6.11. The van der Waals surface area contributed by atoms with E-state index in [-0.39, 0.29) is 11.8 Å². The van der Waals surface area contributed by atoms with Gasteiger partial charge in [-0.25, -0.2) is 0 Å². The molecule has 0 aromatic heterocycles. The predicted octanol–water partition coefficient (Wildman–Crippen LogP) is 3.15. The molecule has 4 heteroatoms. The highest BCUT2D eigenvalue weighted by Gasteiger charge is 2.39. The van der Waals surface area contributed by atoms with Gasteiger partial charge in [-0.1, -0.05) is 26.0 Å². The summed E-state index contributed by atoms with van der Waals surface area (Å²) in [5, 5.41) is 2.86. The Morgan fingerprint density at radius 2 is 1.91 bits per heavy atom. The number of carbonyl (C=O) groups is 2. The average Bonchev–Trinajstić information content (AvgIpc) is 2.45. The Balaban J connectivity index is 2.96.